The Bertz CT molecular complexity index is 1020. The van der Waals surface area contributed by atoms with Crippen molar-refractivity contribution in [3.05, 3.63) is 71.4 Å². The molecule has 4 rings (SSSR count). The monoisotopic (exact) mass is 433 g/mol. The second-order valence-electron chi connectivity index (χ2n) is 8.71. The predicted molar refractivity (Wildman–Crippen MR) is 130 cm³/mol. The maximum absolute atomic E-state index is 13.0. The van der Waals surface area contributed by atoms with E-state index in [1.54, 1.807) is 0 Å². The highest BCUT2D eigenvalue weighted by molar-refractivity contribution is 5.86. The van der Waals surface area contributed by atoms with E-state index in [1.165, 1.54) is 27.6 Å². The van der Waals surface area contributed by atoms with Crippen LogP contribution < -0.4 is 5.32 Å². The van der Waals surface area contributed by atoms with Crippen LogP contribution in [0.3, 0.4) is 0 Å². The molecule has 0 unspecified atom stereocenters. The number of amides is 1. The van der Waals surface area contributed by atoms with Crippen molar-refractivity contribution >= 4 is 16.8 Å². The van der Waals surface area contributed by atoms with E-state index < -0.39 is 0 Å². The molecule has 32 heavy (non-hydrogen) atoms. The normalized spacial score (nSPS) is 15.7. The van der Waals surface area contributed by atoms with Gasteiger partial charge in [-0.2, -0.15) is 0 Å². The largest absolute Gasteiger partial charge is 0.379 e. The van der Waals surface area contributed by atoms with Gasteiger partial charge in [-0.05, 0) is 44.0 Å². The summed E-state index contributed by atoms with van der Waals surface area (Å²) in [6.45, 7) is 10.5. The Morgan fingerprint density at radius 2 is 1.84 bits per heavy atom. The minimum Gasteiger partial charge on any atom is -0.379 e. The van der Waals surface area contributed by atoms with E-state index in [4.69, 9.17) is 4.74 Å². The van der Waals surface area contributed by atoms with Crippen LogP contribution in [0.2, 0.25) is 0 Å². The van der Waals surface area contributed by atoms with Crippen LogP contribution in [0, 0.1) is 6.92 Å². The molecule has 0 bridgehead atoms. The maximum atomic E-state index is 13.0. The van der Waals surface area contributed by atoms with Crippen LogP contribution in [0.1, 0.15) is 42.4 Å². The van der Waals surface area contributed by atoms with Gasteiger partial charge in [-0.3, -0.25) is 9.69 Å². The van der Waals surface area contributed by atoms with Crippen LogP contribution in [-0.2, 0) is 16.1 Å². The third kappa shape index (κ3) is 5.40. The standard InChI is InChI=1S/C27H35N3O2/c1-3-30-20-25(23-7-4-5-8-26(23)30)24(22-11-9-21(2)10-12-22)19-27(31)28-13-6-14-29-15-17-32-18-16-29/h4-5,7-12,20,24H,3,6,13-19H2,1-2H3,(H,28,31)/t24-/m0/s1. The number of aryl methyl sites for hydroxylation is 2. The Balaban J connectivity index is 1.48. The molecule has 1 aromatic heterocycles. The van der Waals surface area contributed by atoms with Gasteiger partial charge >= 0.3 is 0 Å². The van der Waals surface area contributed by atoms with Crippen molar-refractivity contribution < 1.29 is 9.53 Å². The van der Waals surface area contributed by atoms with E-state index in [9.17, 15) is 4.79 Å². The number of carbonyl (C=O) groups excluding carboxylic acids is 1. The quantitative estimate of drug-likeness (QED) is 0.511. The van der Waals surface area contributed by atoms with Crippen LogP contribution >= 0.6 is 0 Å². The molecular weight excluding hydrogens is 398 g/mol. The maximum Gasteiger partial charge on any atom is 0.220 e. The van der Waals surface area contributed by atoms with Crippen molar-refractivity contribution in [1.29, 1.82) is 0 Å². The lowest BCUT2D eigenvalue weighted by molar-refractivity contribution is -0.121. The van der Waals surface area contributed by atoms with Crippen molar-refractivity contribution in [3.63, 3.8) is 0 Å². The summed E-state index contributed by atoms with van der Waals surface area (Å²) < 4.78 is 7.69. The number of para-hydroxylation sites is 1. The van der Waals surface area contributed by atoms with E-state index in [-0.39, 0.29) is 11.8 Å². The van der Waals surface area contributed by atoms with Gasteiger partial charge in [-0.15, -0.1) is 0 Å². The first-order chi connectivity index (χ1) is 15.7. The number of carbonyl (C=O) groups is 1. The summed E-state index contributed by atoms with van der Waals surface area (Å²) in [6.07, 6.45) is 3.66. The molecule has 1 aliphatic rings. The van der Waals surface area contributed by atoms with Crippen molar-refractivity contribution in [2.24, 2.45) is 0 Å². The van der Waals surface area contributed by atoms with Crippen molar-refractivity contribution in [2.45, 2.75) is 39.2 Å². The molecule has 1 saturated heterocycles. The van der Waals surface area contributed by atoms with E-state index in [0.29, 0.717) is 13.0 Å². The Hall–Kier alpha value is -2.63. The Labute approximate surface area is 191 Å². The zero-order valence-electron chi connectivity index (χ0n) is 19.3. The highest BCUT2D eigenvalue weighted by Crippen LogP contribution is 2.35. The van der Waals surface area contributed by atoms with Crippen LogP contribution in [-0.4, -0.2) is 54.8 Å². The summed E-state index contributed by atoms with van der Waals surface area (Å²) in [5.74, 6) is 0.151. The number of hydrogen-bond donors (Lipinski definition) is 1. The molecule has 1 amide bonds. The molecule has 0 aliphatic carbocycles. The highest BCUT2D eigenvalue weighted by Gasteiger charge is 2.22. The van der Waals surface area contributed by atoms with E-state index in [0.717, 1.165) is 45.8 Å². The average Bonchev–Trinajstić information content (AvgIpc) is 3.20. The van der Waals surface area contributed by atoms with E-state index >= 15 is 0 Å². The topological polar surface area (TPSA) is 46.5 Å². The number of rotatable bonds is 9. The molecule has 3 aromatic rings. The van der Waals surface area contributed by atoms with Gasteiger partial charge in [0.2, 0.25) is 5.91 Å². The molecule has 5 nitrogen and oxygen atoms in total. The van der Waals surface area contributed by atoms with E-state index in [2.05, 4.69) is 83.4 Å². The second kappa shape index (κ2) is 10.8. The summed E-state index contributed by atoms with van der Waals surface area (Å²) in [6, 6.07) is 17.1. The molecule has 0 spiro atoms. The zero-order chi connectivity index (χ0) is 22.3. The summed E-state index contributed by atoms with van der Waals surface area (Å²) >= 11 is 0. The number of aromatic nitrogens is 1. The highest BCUT2D eigenvalue weighted by atomic mass is 16.5. The van der Waals surface area contributed by atoms with Gasteiger partial charge in [0.25, 0.3) is 0 Å². The SMILES string of the molecule is CCn1cc([C@@H](CC(=O)NCCCN2CCOCC2)c2ccc(C)cc2)c2ccccc21. The third-order valence-corrected chi connectivity index (χ3v) is 6.48. The molecule has 2 aromatic carbocycles. The summed E-state index contributed by atoms with van der Waals surface area (Å²) in [7, 11) is 0. The number of benzene rings is 2. The van der Waals surface area contributed by atoms with Gasteiger partial charge in [0.05, 0.1) is 13.2 Å². The fourth-order valence-electron chi connectivity index (χ4n) is 4.63. The fraction of sp³-hybridized carbons (Fsp3) is 0.444. The lowest BCUT2D eigenvalue weighted by Gasteiger charge is -2.26. The molecule has 5 heteroatoms. The number of nitrogens with one attached hydrogen (secondary N) is 1. The van der Waals surface area contributed by atoms with Gasteiger partial charge in [0, 0.05) is 55.6 Å². The Morgan fingerprint density at radius 1 is 1.09 bits per heavy atom. The van der Waals surface area contributed by atoms with Crippen molar-refractivity contribution in [2.75, 3.05) is 39.4 Å². The molecule has 0 saturated carbocycles. The van der Waals surface area contributed by atoms with Crippen LogP contribution in [0.25, 0.3) is 10.9 Å². The van der Waals surface area contributed by atoms with Crippen LogP contribution in [0.4, 0.5) is 0 Å². The minimum atomic E-state index is 0.0348. The molecule has 2 heterocycles. The van der Waals surface area contributed by atoms with Crippen molar-refractivity contribution in [1.82, 2.24) is 14.8 Å². The fourth-order valence-corrected chi connectivity index (χ4v) is 4.63. The molecule has 1 N–H and O–H groups in total. The average molecular weight is 434 g/mol. The first kappa shape index (κ1) is 22.6. The van der Waals surface area contributed by atoms with Crippen LogP contribution in [0.5, 0.6) is 0 Å². The summed E-state index contributed by atoms with van der Waals surface area (Å²) in [5, 5.41) is 4.40. The first-order valence-corrected chi connectivity index (χ1v) is 11.9. The number of fused-ring (bicyclic) bond motifs is 1. The predicted octanol–water partition coefficient (Wildman–Crippen LogP) is 4.33. The smallest absolute Gasteiger partial charge is 0.220 e. The van der Waals surface area contributed by atoms with Crippen molar-refractivity contribution in [3.8, 4) is 0 Å². The first-order valence-electron chi connectivity index (χ1n) is 11.9. The van der Waals surface area contributed by atoms with E-state index in [1.807, 2.05) is 0 Å². The molecule has 1 atom stereocenters. The number of morpholine rings is 1. The Kier molecular flexibility index (Phi) is 7.61. The summed E-state index contributed by atoms with van der Waals surface area (Å²) in [5.41, 5.74) is 4.89. The Morgan fingerprint density at radius 3 is 2.59 bits per heavy atom. The lowest BCUT2D eigenvalue weighted by atomic mass is 9.87. The lowest BCUT2D eigenvalue weighted by Crippen LogP contribution is -2.38. The van der Waals surface area contributed by atoms with Gasteiger partial charge in [-0.1, -0.05) is 48.0 Å². The minimum absolute atomic E-state index is 0.0348. The molecule has 0 radical (unpaired) electrons. The van der Waals surface area contributed by atoms with Gasteiger partial charge in [0.15, 0.2) is 0 Å². The zero-order valence-corrected chi connectivity index (χ0v) is 19.3. The van der Waals surface area contributed by atoms with Crippen LogP contribution in [0.15, 0.2) is 54.7 Å². The molecular formula is C27H35N3O2. The number of nitrogens with zero attached hydrogens (tertiary/aromatic N) is 2. The molecule has 1 aliphatic heterocycles. The third-order valence-electron chi connectivity index (χ3n) is 6.48. The second-order valence-corrected chi connectivity index (χ2v) is 8.71. The number of hydrogen-bond acceptors (Lipinski definition) is 3. The van der Waals surface area contributed by atoms with Gasteiger partial charge in [-0.25, -0.2) is 0 Å². The molecule has 170 valence electrons. The van der Waals surface area contributed by atoms with Gasteiger partial charge < -0.3 is 14.6 Å². The van der Waals surface area contributed by atoms with Gasteiger partial charge in [0.1, 0.15) is 0 Å². The molecule has 1 fully saturated rings. The number of ether oxygens (including phenoxy) is 1. The summed E-state index contributed by atoms with van der Waals surface area (Å²) in [4.78, 5) is 15.4.